The van der Waals surface area contributed by atoms with Crippen molar-refractivity contribution in [2.45, 2.75) is 50.2 Å². The molecule has 6 heteroatoms. The average Bonchev–Trinajstić information content (AvgIpc) is 2.85. The summed E-state index contributed by atoms with van der Waals surface area (Å²) in [5.74, 6) is 0.0690. The molecule has 24 heavy (non-hydrogen) atoms. The van der Waals surface area contributed by atoms with E-state index in [0.29, 0.717) is 17.8 Å². The number of carbonyl (C=O) groups is 1. The van der Waals surface area contributed by atoms with Gasteiger partial charge in [0, 0.05) is 36.6 Å². The number of aromatic hydroxyl groups is 1. The molecular weight excluding hydrogens is 304 g/mol. The summed E-state index contributed by atoms with van der Waals surface area (Å²) in [7, 11) is 4.00. The molecule has 2 aliphatic heterocycles. The van der Waals surface area contributed by atoms with E-state index in [0.717, 1.165) is 23.7 Å². The molecular formula is C18H24N4O2. The molecule has 0 radical (unpaired) electrons. The van der Waals surface area contributed by atoms with Crippen molar-refractivity contribution in [3.63, 3.8) is 0 Å². The maximum absolute atomic E-state index is 12.8. The Morgan fingerprint density at radius 3 is 2.67 bits per heavy atom. The standard InChI is InChI=1S/C18H24N4O2/c1-21-12-4-3-5-13(21)9-11(8-12)19-18(24)17-15-7-6-14(23)10-16(15)22(2)20-17/h6-7,10-13,23H,3-5,8-9H2,1-2H3,(H,19,24)/t12-,13-/m0/s1. The number of aryl methyl sites for hydroxylation is 1. The van der Waals surface area contributed by atoms with Gasteiger partial charge in [0.15, 0.2) is 5.69 Å². The molecule has 2 aliphatic rings. The number of rotatable bonds is 2. The summed E-state index contributed by atoms with van der Waals surface area (Å²) in [4.78, 5) is 15.3. The summed E-state index contributed by atoms with van der Waals surface area (Å²) in [5.41, 5.74) is 1.21. The van der Waals surface area contributed by atoms with E-state index in [-0.39, 0.29) is 17.7 Å². The van der Waals surface area contributed by atoms with Gasteiger partial charge in [-0.15, -0.1) is 0 Å². The quantitative estimate of drug-likeness (QED) is 0.885. The molecule has 2 aromatic rings. The lowest BCUT2D eigenvalue weighted by Gasteiger charge is -2.47. The van der Waals surface area contributed by atoms with Crippen LogP contribution >= 0.6 is 0 Å². The van der Waals surface area contributed by atoms with E-state index in [2.05, 4.69) is 22.4 Å². The highest BCUT2D eigenvalue weighted by atomic mass is 16.3. The summed E-state index contributed by atoms with van der Waals surface area (Å²) in [5, 5.41) is 18.0. The van der Waals surface area contributed by atoms with E-state index >= 15 is 0 Å². The van der Waals surface area contributed by atoms with Gasteiger partial charge in [-0.05, 0) is 44.9 Å². The van der Waals surface area contributed by atoms with Gasteiger partial charge >= 0.3 is 0 Å². The van der Waals surface area contributed by atoms with Crippen molar-refractivity contribution in [1.82, 2.24) is 20.0 Å². The molecule has 4 rings (SSSR count). The monoisotopic (exact) mass is 328 g/mol. The second-order valence-corrected chi connectivity index (χ2v) is 7.22. The van der Waals surface area contributed by atoms with Crippen molar-refractivity contribution in [1.29, 1.82) is 0 Å². The molecule has 2 fully saturated rings. The molecule has 2 bridgehead atoms. The van der Waals surface area contributed by atoms with Crippen molar-refractivity contribution in [3.8, 4) is 5.75 Å². The fourth-order valence-corrected chi connectivity index (χ4v) is 4.40. The molecule has 6 nitrogen and oxygen atoms in total. The van der Waals surface area contributed by atoms with Crippen molar-refractivity contribution in [2.75, 3.05) is 7.05 Å². The van der Waals surface area contributed by atoms with Gasteiger partial charge in [0.2, 0.25) is 0 Å². The van der Waals surface area contributed by atoms with Crippen LogP contribution in [0.2, 0.25) is 0 Å². The third-order valence-electron chi connectivity index (χ3n) is 5.73. The van der Waals surface area contributed by atoms with Crippen LogP contribution in [0.4, 0.5) is 0 Å². The number of phenols is 1. The van der Waals surface area contributed by atoms with Crippen LogP contribution in [0.15, 0.2) is 18.2 Å². The van der Waals surface area contributed by atoms with Crippen molar-refractivity contribution in [2.24, 2.45) is 7.05 Å². The zero-order chi connectivity index (χ0) is 16.8. The van der Waals surface area contributed by atoms with Crippen molar-refractivity contribution < 1.29 is 9.90 Å². The largest absolute Gasteiger partial charge is 0.508 e. The van der Waals surface area contributed by atoms with Crippen LogP contribution in [0.1, 0.15) is 42.6 Å². The molecule has 0 saturated carbocycles. The van der Waals surface area contributed by atoms with Gasteiger partial charge in [-0.25, -0.2) is 0 Å². The first-order valence-corrected chi connectivity index (χ1v) is 8.71. The summed E-state index contributed by atoms with van der Waals surface area (Å²) in [6.45, 7) is 0. The highest BCUT2D eigenvalue weighted by Crippen LogP contribution is 2.33. The number of amides is 1. The number of hydrogen-bond donors (Lipinski definition) is 2. The van der Waals surface area contributed by atoms with E-state index in [1.807, 2.05) is 0 Å². The summed E-state index contributed by atoms with van der Waals surface area (Å²) < 4.78 is 1.65. The Balaban J connectivity index is 1.55. The Morgan fingerprint density at radius 1 is 1.25 bits per heavy atom. The van der Waals surface area contributed by atoms with Crippen LogP contribution in [0.5, 0.6) is 5.75 Å². The lowest BCUT2D eigenvalue weighted by Crippen LogP contribution is -2.55. The molecule has 3 heterocycles. The number of benzene rings is 1. The first kappa shape index (κ1) is 15.4. The Labute approximate surface area is 141 Å². The molecule has 0 spiro atoms. The maximum atomic E-state index is 12.8. The smallest absolute Gasteiger partial charge is 0.272 e. The minimum atomic E-state index is -0.112. The number of hydrogen-bond acceptors (Lipinski definition) is 4. The number of nitrogens with one attached hydrogen (secondary N) is 1. The Hall–Kier alpha value is -2.08. The van der Waals surface area contributed by atoms with E-state index in [1.165, 1.54) is 19.3 Å². The normalized spacial score (nSPS) is 27.3. The van der Waals surface area contributed by atoms with Gasteiger partial charge in [-0.1, -0.05) is 6.42 Å². The predicted molar refractivity (Wildman–Crippen MR) is 92.1 cm³/mol. The van der Waals surface area contributed by atoms with Crippen molar-refractivity contribution in [3.05, 3.63) is 23.9 Å². The van der Waals surface area contributed by atoms with Crippen molar-refractivity contribution >= 4 is 16.8 Å². The lowest BCUT2D eigenvalue weighted by atomic mass is 9.82. The van der Waals surface area contributed by atoms with Crippen LogP contribution in [0.3, 0.4) is 0 Å². The molecule has 2 atom stereocenters. The Morgan fingerprint density at radius 2 is 1.96 bits per heavy atom. The van der Waals surface area contributed by atoms with Gasteiger partial charge in [-0.3, -0.25) is 9.48 Å². The number of nitrogens with zero attached hydrogens (tertiary/aromatic N) is 3. The topological polar surface area (TPSA) is 70.4 Å². The van der Waals surface area contributed by atoms with Gasteiger partial charge in [0.1, 0.15) is 5.75 Å². The summed E-state index contributed by atoms with van der Waals surface area (Å²) >= 11 is 0. The second kappa shape index (κ2) is 5.77. The first-order valence-electron chi connectivity index (χ1n) is 8.71. The SMILES string of the molecule is CN1[C@H]2CCC[C@H]1CC(NC(=O)c1nn(C)c3cc(O)ccc13)C2. The molecule has 0 aliphatic carbocycles. The number of carbonyl (C=O) groups excluding carboxylic acids is 1. The number of piperidine rings is 2. The van der Waals surface area contributed by atoms with Crippen LogP contribution < -0.4 is 5.32 Å². The summed E-state index contributed by atoms with van der Waals surface area (Å²) in [6.07, 6.45) is 5.79. The molecule has 1 aromatic carbocycles. The minimum Gasteiger partial charge on any atom is -0.508 e. The van der Waals surface area contributed by atoms with Gasteiger partial charge in [0.05, 0.1) is 5.52 Å². The van der Waals surface area contributed by atoms with E-state index in [4.69, 9.17) is 0 Å². The number of fused-ring (bicyclic) bond motifs is 3. The molecule has 1 aromatic heterocycles. The molecule has 128 valence electrons. The minimum absolute atomic E-state index is 0.112. The van der Waals surface area contributed by atoms with Gasteiger partial charge in [0.25, 0.3) is 5.91 Å². The van der Waals surface area contributed by atoms with Crippen LogP contribution in [0.25, 0.3) is 10.9 Å². The number of aromatic nitrogens is 2. The van der Waals surface area contributed by atoms with Crippen LogP contribution in [-0.4, -0.2) is 50.9 Å². The van der Waals surface area contributed by atoms with Crippen LogP contribution in [0, 0.1) is 0 Å². The third-order valence-corrected chi connectivity index (χ3v) is 5.73. The zero-order valence-corrected chi connectivity index (χ0v) is 14.2. The fraction of sp³-hybridized carbons (Fsp3) is 0.556. The molecule has 2 N–H and O–H groups in total. The van der Waals surface area contributed by atoms with E-state index < -0.39 is 0 Å². The van der Waals surface area contributed by atoms with Gasteiger partial charge in [-0.2, -0.15) is 5.10 Å². The second-order valence-electron chi connectivity index (χ2n) is 7.22. The van der Waals surface area contributed by atoms with Gasteiger partial charge < -0.3 is 15.3 Å². The highest BCUT2D eigenvalue weighted by Gasteiger charge is 2.36. The third kappa shape index (κ3) is 2.55. The molecule has 1 amide bonds. The van der Waals surface area contributed by atoms with E-state index in [9.17, 15) is 9.90 Å². The summed E-state index contributed by atoms with van der Waals surface area (Å²) in [6, 6.07) is 6.38. The first-order chi connectivity index (χ1) is 11.5. The van der Waals surface area contributed by atoms with E-state index in [1.54, 1.807) is 29.9 Å². The average molecular weight is 328 g/mol. The highest BCUT2D eigenvalue weighted by molar-refractivity contribution is 6.05. The number of phenolic OH excluding ortho intramolecular Hbond substituents is 1. The predicted octanol–water partition coefficient (Wildman–Crippen LogP) is 2.02. The lowest BCUT2D eigenvalue weighted by molar-refractivity contribution is 0.0462. The Bertz CT molecular complexity index is 771. The Kier molecular flexibility index (Phi) is 3.72. The zero-order valence-electron chi connectivity index (χ0n) is 14.2. The fourth-order valence-electron chi connectivity index (χ4n) is 4.40. The maximum Gasteiger partial charge on any atom is 0.272 e. The van der Waals surface area contributed by atoms with Crippen LogP contribution in [-0.2, 0) is 7.05 Å². The molecule has 2 saturated heterocycles. The molecule has 0 unspecified atom stereocenters.